The Hall–Kier alpha value is -2.33. The zero-order valence-corrected chi connectivity index (χ0v) is 18.9. The van der Waals surface area contributed by atoms with Gasteiger partial charge in [0.2, 0.25) is 21.8 Å². The van der Waals surface area contributed by atoms with Gasteiger partial charge in [-0.3, -0.25) is 4.79 Å². The minimum Gasteiger partial charge on any atom is -0.341 e. The van der Waals surface area contributed by atoms with Crippen LogP contribution in [0.3, 0.4) is 0 Å². The molecule has 0 spiro atoms. The van der Waals surface area contributed by atoms with Crippen LogP contribution in [0.5, 0.6) is 0 Å². The van der Waals surface area contributed by atoms with E-state index in [0.29, 0.717) is 24.8 Å². The molecule has 1 aliphatic carbocycles. The van der Waals surface area contributed by atoms with Crippen LogP contribution in [0.2, 0.25) is 0 Å². The number of tetrazole rings is 1. The van der Waals surface area contributed by atoms with Crippen LogP contribution < -0.4 is 4.72 Å². The first kappa shape index (κ1) is 21.9. The van der Waals surface area contributed by atoms with Gasteiger partial charge in [0, 0.05) is 25.6 Å². The predicted octanol–water partition coefficient (Wildman–Crippen LogP) is 2.16. The molecule has 2 aromatic rings. The third-order valence-electron chi connectivity index (χ3n) is 6.50. The summed E-state index contributed by atoms with van der Waals surface area (Å²) in [4.78, 5) is 15.2. The van der Waals surface area contributed by atoms with Crippen molar-refractivity contribution in [3.8, 4) is 11.4 Å². The topological polar surface area (TPSA) is 110 Å². The van der Waals surface area contributed by atoms with Crippen molar-refractivity contribution < 1.29 is 13.2 Å². The van der Waals surface area contributed by atoms with Crippen molar-refractivity contribution >= 4 is 15.9 Å². The molecule has 1 aromatic carbocycles. The van der Waals surface area contributed by atoms with Gasteiger partial charge in [-0.15, -0.1) is 10.2 Å². The zero-order chi connectivity index (χ0) is 22.0. The first-order chi connectivity index (χ1) is 14.9. The lowest BCUT2D eigenvalue weighted by Crippen LogP contribution is -2.26. The quantitative estimate of drug-likeness (QED) is 0.728. The van der Waals surface area contributed by atoms with Crippen LogP contribution in [-0.4, -0.2) is 59.6 Å². The lowest BCUT2D eigenvalue weighted by molar-refractivity contribution is -0.127. The van der Waals surface area contributed by atoms with Crippen molar-refractivity contribution in [1.82, 2.24) is 29.8 Å². The number of amides is 1. The number of likely N-dealkylation sites (tertiary alicyclic amines) is 1. The van der Waals surface area contributed by atoms with E-state index >= 15 is 0 Å². The fourth-order valence-corrected chi connectivity index (χ4v) is 5.39. The number of hydrogen-bond donors (Lipinski definition) is 1. The van der Waals surface area contributed by atoms with Gasteiger partial charge in [-0.25, -0.2) is 13.1 Å². The maximum absolute atomic E-state index is 12.4. The molecular formula is C21H30N6O3S. The SMILES string of the molecule is CNS(=O)(=O)c1ccc(CC2CCCCC2)c(-c2nnn(C3CCN(C(C)=O)C3)n2)c1. The Morgan fingerprint density at radius 2 is 1.97 bits per heavy atom. The van der Waals surface area contributed by atoms with E-state index in [1.165, 1.54) is 39.2 Å². The molecule has 1 unspecified atom stereocenters. The van der Waals surface area contributed by atoms with Crippen LogP contribution >= 0.6 is 0 Å². The zero-order valence-electron chi connectivity index (χ0n) is 18.1. The van der Waals surface area contributed by atoms with Gasteiger partial charge < -0.3 is 4.90 Å². The fourth-order valence-electron chi connectivity index (χ4n) is 4.63. The second-order valence-electron chi connectivity index (χ2n) is 8.58. The van der Waals surface area contributed by atoms with Crippen molar-refractivity contribution in [3.05, 3.63) is 23.8 Å². The van der Waals surface area contributed by atoms with Gasteiger partial charge in [0.25, 0.3) is 0 Å². The van der Waals surface area contributed by atoms with Crippen LogP contribution in [0.1, 0.15) is 57.1 Å². The van der Waals surface area contributed by atoms with Gasteiger partial charge in [0.1, 0.15) is 0 Å². The molecule has 1 amide bonds. The minimum atomic E-state index is -3.58. The molecular weight excluding hydrogens is 416 g/mol. The maximum atomic E-state index is 12.4. The Kier molecular flexibility index (Phi) is 6.38. The summed E-state index contributed by atoms with van der Waals surface area (Å²) in [7, 11) is -2.18. The van der Waals surface area contributed by atoms with Crippen LogP contribution in [0.25, 0.3) is 11.4 Å². The molecule has 2 fully saturated rings. The van der Waals surface area contributed by atoms with E-state index in [1.54, 1.807) is 28.8 Å². The number of rotatable bonds is 6. The number of nitrogens with zero attached hydrogens (tertiary/aromatic N) is 5. The Balaban J connectivity index is 1.65. The molecule has 0 bridgehead atoms. The highest BCUT2D eigenvalue weighted by atomic mass is 32.2. The molecule has 10 heteroatoms. The van der Waals surface area contributed by atoms with E-state index in [0.717, 1.165) is 24.0 Å². The second-order valence-corrected chi connectivity index (χ2v) is 10.5. The molecule has 1 saturated carbocycles. The minimum absolute atomic E-state index is 0.0174. The van der Waals surface area contributed by atoms with Crippen LogP contribution in [-0.2, 0) is 21.2 Å². The highest BCUT2D eigenvalue weighted by molar-refractivity contribution is 7.89. The molecule has 168 valence electrons. The number of hydrogen-bond acceptors (Lipinski definition) is 6. The van der Waals surface area contributed by atoms with Gasteiger partial charge >= 0.3 is 0 Å². The number of carbonyl (C=O) groups is 1. The summed E-state index contributed by atoms with van der Waals surface area (Å²) < 4.78 is 27.2. The summed E-state index contributed by atoms with van der Waals surface area (Å²) >= 11 is 0. The van der Waals surface area contributed by atoms with Crippen LogP contribution in [0, 0.1) is 5.92 Å². The van der Waals surface area contributed by atoms with Crippen molar-refractivity contribution in [2.75, 3.05) is 20.1 Å². The van der Waals surface area contributed by atoms with E-state index in [1.807, 2.05) is 6.07 Å². The lowest BCUT2D eigenvalue weighted by atomic mass is 9.84. The molecule has 1 N–H and O–H groups in total. The highest BCUT2D eigenvalue weighted by Crippen LogP contribution is 2.32. The molecule has 1 atom stereocenters. The van der Waals surface area contributed by atoms with Crippen molar-refractivity contribution in [1.29, 1.82) is 0 Å². The summed E-state index contributed by atoms with van der Waals surface area (Å²) in [5.74, 6) is 1.07. The summed E-state index contributed by atoms with van der Waals surface area (Å²) in [6.07, 6.45) is 7.82. The van der Waals surface area contributed by atoms with Crippen molar-refractivity contribution in [2.45, 2.75) is 62.8 Å². The largest absolute Gasteiger partial charge is 0.341 e. The first-order valence-corrected chi connectivity index (χ1v) is 12.5. The molecule has 2 aliphatic rings. The van der Waals surface area contributed by atoms with Gasteiger partial charge in [-0.2, -0.15) is 4.80 Å². The summed E-state index contributed by atoms with van der Waals surface area (Å²) in [6.45, 7) is 2.81. The van der Waals surface area contributed by atoms with E-state index in [2.05, 4.69) is 20.1 Å². The molecule has 1 aromatic heterocycles. The highest BCUT2D eigenvalue weighted by Gasteiger charge is 2.28. The van der Waals surface area contributed by atoms with E-state index in [9.17, 15) is 13.2 Å². The molecule has 1 saturated heterocycles. The van der Waals surface area contributed by atoms with E-state index in [4.69, 9.17) is 0 Å². The Bertz CT molecular complexity index is 1050. The Morgan fingerprint density at radius 1 is 1.19 bits per heavy atom. The monoisotopic (exact) mass is 446 g/mol. The molecule has 9 nitrogen and oxygen atoms in total. The first-order valence-electron chi connectivity index (χ1n) is 11.0. The predicted molar refractivity (Wildman–Crippen MR) is 116 cm³/mol. The van der Waals surface area contributed by atoms with Crippen molar-refractivity contribution in [2.24, 2.45) is 5.92 Å². The van der Waals surface area contributed by atoms with Gasteiger partial charge in [0.15, 0.2) is 0 Å². The Labute approximate surface area is 183 Å². The standard InChI is InChI=1S/C21H30N6O3S/c1-15(28)26-11-10-18(14-26)27-24-21(23-25-27)20-13-19(31(29,30)22-2)9-8-17(20)12-16-6-4-3-5-7-16/h8-9,13,16,18,22H,3-7,10-12,14H2,1-2H3. The molecule has 1 aliphatic heterocycles. The third kappa shape index (κ3) is 4.79. The average molecular weight is 447 g/mol. The fraction of sp³-hybridized carbons (Fsp3) is 0.619. The van der Waals surface area contributed by atoms with Crippen molar-refractivity contribution in [3.63, 3.8) is 0 Å². The smallest absolute Gasteiger partial charge is 0.240 e. The average Bonchev–Trinajstić information content (AvgIpc) is 3.44. The second kappa shape index (κ2) is 9.04. The third-order valence-corrected chi connectivity index (χ3v) is 7.91. The number of nitrogens with one attached hydrogen (secondary N) is 1. The van der Waals surface area contributed by atoms with Gasteiger partial charge in [-0.05, 0) is 48.7 Å². The maximum Gasteiger partial charge on any atom is 0.240 e. The molecule has 31 heavy (non-hydrogen) atoms. The summed E-state index contributed by atoms with van der Waals surface area (Å²) in [5.41, 5.74) is 1.77. The molecule has 2 heterocycles. The summed E-state index contributed by atoms with van der Waals surface area (Å²) in [6, 6.07) is 5.18. The van der Waals surface area contributed by atoms with Gasteiger partial charge in [0.05, 0.1) is 10.9 Å². The lowest BCUT2D eigenvalue weighted by Gasteiger charge is -2.22. The van der Waals surface area contributed by atoms with Gasteiger partial charge in [-0.1, -0.05) is 38.2 Å². The Morgan fingerprint density at radius 3 is 2.65 bits per heavy atom. The summed E-state index contributed by atoms with van der Waals surface area (Å²) in [5, 5.41) is 13.1. The number of carbonyl (C=O) groups excluding carboxylic acids is 1. The van der Waals surface area contributed by atoms with E-state index in [-0.39, 0.29) is 16.8 Å². The van der Waals surface area contributed by atoms with Crippen LogP contribution in [0.15, 0.2) is 23.1 Å². The van der Waals surface area contributed by atoms with E-state index < -0.39 is 10.0 Å². The van der Waals surface area contributed by atoms with Crippen LogP contribution in [0.4, 0.5) is 0 Å². The number of aromatic nitrogens is 4. The number of sulfonamides is 1. The molecule has 4 rings (SSSR count). The molecule has 0 radical (unpaired) electrons. The normalized spacial score (nSPS) is 20.3. The number of benzene rings is 1.